The van der Waals surface area contributed by atoms with Crippen LogP contribution in [0, 0.1) is 0 Å². The fraction of sp³-hybridized carbons (Fsp3) is 0.667. The standard InChI is InChI=1S/C24H34O4/c1-3-9-20(10-4-1)17-25-18-22-13-7-11-21(27-22)12-8-14-23-19-26-24(28-23)15-5-2-6-16-24/h1,3-4,9-10,12,22-23H,2,5-8,11,13-19H2/b21-12+/t22-,23-/m0/s1. The van der Waals surface area contributed by atoms with Gasteiger partial charge in [-0.1, -0.05) is 36.8 Å². The normalized spacial score (nSPS) is 28.5. The molecule has 3 fully saturated rings. The number of rotatable bonds is 7. The summed E-state index contributed by atoms with van der Waals surface area (Å²) in [5.74, 6) is 0.879. The molecule has 3 aliphatic rings. The van der Waals surface area contributed by atoms with Gasteiger partial charge in [0.25, 0.3) is 0 Å². The summed E-state index contributed by atoms with van der Waals surface area (Å²) in [7, 11) is 0. The molecule has 0 unspecified atom stereocenters. The van der Waals surface area contributed by atoms with E-state index in [-0.39, 0.29) is 18.0 Å². The van der Waals surface area contributed by atoms with Gasteiger partial charge in [-0.2, -0.15) is 0 Å². The molecule has 1 aliphatic carbocycles. The average Bonchev–Trinajstić information content (AvgIpc) is 3.12. The van der Waals surface area contributed by atoms with Gasteiger partial charge in [0.05, 0.1) is 31.7 Å². The van der Waals surface area contributed by atoms with Crippen molar-refractivity contribution in [3.8, 4) is 0 Å². The lowest BCUT2D eigenvalue weighted by molar-refractivity contribution is -0.187. The van der Waals surface area contributed by atoms with E-state index in [9.17, 15) is 0 Å². The zero-order chi connectivity index (χ0) is 19.1. The summed E-state index contributed by atoms with van der Waals surface area (Å²) < 4.78 is 24.4. The minimum absolute atomic E-state index is 0.181. The molecule has 4 nitrogen and oxygen atoms in total. The molecule has 2 heterocycles. The van der Waals surface area contributed by atoms with Gasteiger partial charge >= 0.3 is 0 Å². The van der Waals surface area contributed by atoms with Gasteiger partial charge in [-0.15, -0.1) is 0 Å². The van der Waals surface area contributed by atoms with Gasteiger partial charge in [0.1, 0.15) is 6.10 Å². The third-order valence-corrected chi connectivity index (χ3v) is 6.07. The smallest absolute Gasteiger partial charge is 0.168 e. The molecule has 2 saturated heterocycles. The van der Waals surface area contributed by atoms with Gasteiger partial charge in [0.2, 0.25) is 0 Å². The lowest BCUT2D eigenvalue weighted by atomic mass is 9.94. The Hall–Kier alpha value is -1.36. The van der Waals surface area contributed by atoms with Crippen molar-refractivity contribution in [3.05, 3.63) is 47.7 Å². The highest BCUT2D eigenvalue weighted by atomic mass is 16.7. The molecule has 1 aromatic carbocycles. The minimum atomic E-state index is -0.251. The predicted molar refractivity (Wildman–Crippen MR) is 109 cm³/mol. The van der Waals surface area contributed by atoms with Crippen molar-refractivity contribution in [1.82, 2.24) is 0 Å². The van der Waals surface area contributed by atoms with E-state index < -0.39 is 0 Å². The molecule has 1 spiro atoms. The van der Waals surface area contributed by atoms with E-state index in [4.69, 9.17) is 18.9 Å². The van der Waals surface area contributed by atoms with E-state index in [1.165, 1.54) is 31.2 Å². The van der Waals surface area contributed by atoms with Crippen LogP contribution in [0.1, 0.15) is 69.8 Å². The Kier molecular flexibility index (Phi) is 7.05. The lowest BCUT2D eigenvalue weighted by Gasteiger charge is -2.31. The van der Waals surface area contributed by atoms with Crippen LogP contribution in [0.3, 0.4) is 0 Å². The molecule has 0 radical (unpaired) electrons. The van der Waals surface area contributed by atoms with Crippen LogP contribution < -0.4 is 0 Å². The molecule has 28 heavy (non-hydrogen) atoms. The summed E-state index contributed by atoms with van der Waals surface area (Å²) in [5, 5.41) is 0. The molecule has 4 rings (SSSR count). The summed E-state index contributed by atoms with van der Waals surface area (Å²) in [5.41, 5.74) is 1.21. The Bertz CT molecular complexity index is 621. The van der Waals surface area contributed by atoms with Crippen LogP contribution in [0.5, 0.6) is 0 Å². The van der Waals surface area contributed by atoms with Gasteiger partial charge in [0, 0.05) is 19.3 Å². The van der Waals surface area contributed by atoms with Gasteiger partial charge in [-0.05, 0) is 50.2 Å². The van der Waals surface area contributed by atoms with Crippen LogP contribution in [0.15, 0.2) is 42.2 Å². The summed E-state index contributed by atoms with van der Waals surface area (Å²) in [6.45, 7) is 2.06. The Morgan fingerprint density at radius 1 is 1.04 bits per heavy atom. The number of allylic oxidation sites excluding steroid dienone is 2. The number of benzene rings is 1. The maximum atomic E-state index is 6.28. The minimum Gasteiger partial charge on any atom is -0.493 e. The summed E-state index contributed by atoms with van der Waals surface area (Å²) in [6, 6.07) is 10.3. The van der Waals surface area contributed by atoms with E-state index in [2.05, 4.69) is 18.2 Å². The van der Waals surface area contributed by atoms with Gasteiger partial charge in [-0.25, -0.2) is 0 Å². The molecule has 2 aliphatic heterocycles. The first kappa shape index (κ1) is 19.9. The van der Waals surface area contributed by atoms with Crippen molar-refractivity contribution < 1.29 is 18.9 Å². The van der Waals surface area contributed by atoms with Crippen molar-refractivity contribution in [2.45, 2.75) is 88.8 Å². The van der Waals surface area contributed by atoms with Crippen LogP contribution >= 0.6 is 0 Å². The van der Waals surface area contributed by atoms with Crippen LogP contribution in [0.4, 0.5) is 0 Å². The van der Waals surface area contributed by atoms with Crippen molar-refractivity contribution in [2.24, 2.45) is 0 Å². The fourth-order valence-corrected chi connectivity index (χ4v) is 4.53. The van der Waals surface area contributed by atoms with Crippen molar-refractivity contribution in [1.29, 1.82) is 0 Å². The monoisotopic (exact) mass is 386 g/mol. The molecule has 2 atom stereocenters. The highest BCUT2D eigenvalue weighted by Gasteiger charge is 2.41. The zero-order valence-corrected chi connectivity index (χ0v) is 16.9. The van der Waals surface area contributed by atoms with E-state index in [1.54, 1.807) is 0 Å². The van der Waals surface area contributed by atoms with Crippen LogP contribution in [0.2, 0.25) is 0 Å². The van der Waals surface area contributed by atoms with Gasteiger partial charge in [-0.3, -0.25) is 0 Å². The third kappa shape index (κ3) is 5.59. The highest BCUT2D eigenvalue weighted by molar-refractivity contribution is 5.13. The molecular weight excluding hydrogens is 352 g/mol. The second-order valence-electron chi connectivity index (χ2n) is 8.40. The van der Waals surface area contributed by atoms with E-state index in [0.29, 0.717) is 13.2 Å². The van der Waals surface area contributed by atoms with Gasteiger partial charge < -0.3 is 18.9 Å². The SMILES string of the molecule is C(/CC[C@H]1COC2(CCCCC2)O1)=C1/CCC[C@@H](COCc2ccccc2)O1. The Labute approximate surface area is 169 Å². The first-order valence-electron chi connectivity index (χ1n) is 11.1. The molecule has 1 aromatic rings. The van der Waals surface area contributed by atoms with E-state index in [0.717, 1.165) is 50.9 Å². The van der Waals surface area contributed by atoms with Crippen LogP contribution in [-0.2, 0) is 25.6 Å². The molecule has 0 bridgehead atoms. The molecule has 4 heteroatoms. The number of hydrogen-bond acceptors (Lipinski definition) is 4. The van der Waals surface area contributed by atoms with E-state index in [1.807, 2.05) is 18.2 Å². The largest absolute Gasteiger partial charge is 0.493 e. The Morgan fingerprint density at radius 3 is 2.75 bits per heavy atom. The van der Waals surface area contributed by atoms with Crippen molar-refractivity contribution in [3.63, 3.8) is 0 Å². The first-order chi connectivity index (χ1) is 13.8. The molecule has 1 saturated carbocycles. The topological polar surface area (TPSA) is 36.9 Å². The summed E-state index contributed by atoms with van der Waals surface area (Å²) in [6.07, 6.45) is 13.9. The summed E-state index contributed by atoms with van der Waals surface area (Å²) >= 11 is 0. The first-order valence-corrected chi connectivity index (χ1v) is 11.1. The highest BCUT2D eigenvalue weighted by Crippen LogP contribution is 2.38. The molecule has 0 amide bonds. The van der Waals surface area contributed by atoms with Crippen LogP contribution in [0.25, 0.3) is 0 Å². The quantitative estimate of drug-likeness (QED) is 0.619. The average molecular weight is 387 g/mol. The van der Waals surface area contributed by atoms with Crippen molar-refractivity contribution in [2.75, 3.05) is 13.2 Å². The zero-order valence-electron chi connectivity index (χ0n) is 16.9. The fourth-order valence-electron chi connectivity index (χ4n) is 4.53. The molecule has 0 N–H and O–H groups in total. The maximum absolute atomic E-state index is 6.28. The van der Waals surface area contributed by atoms with E-state index >= 15 is 0 Å². The second kappa shape index (κ2) is 9.91. The van der Waals surface area contributed by atoms with Crippen molar-refractivity contribution >= 4 is 0 Å². The molecule has 0 aromatic heterocycles. The second-order valence-corrected chi connectivity index (χ2v) is 8.40. The van der Waals surface area contributed by atoms with Gasteiger partial charge in [0.15, 0.2) is 5.79 Å². The maximum Gasteiger partial charge on any atom is 0.168 e. The Balaban J connectivity index is 1.16. The predicted octanol–water partition coefficient (Wildman–Crippen LogP) is 5.51. The number of ether oxygens (including phenoxy) is 4. The van der Waals surface area contributed by atoms with Crippen LogP contribution in [-0.4, -0.2) is 31.2 Å². The molecule has 154 valence electrons. The lowest BCUT2D eigenvalue weighted by Crippen LogP contribution is -2.33. The third-order valence-electron chi connectivity index (χ3n) is 6.07. The Morgan fingerprint density at radius 2 is 1.89 bits per heavy atom. The molecular formula is C24H34O4. The summed E-state index contributed by atoms with van der Waals surface area (Å²) in [4.78, 5) is 0. The number of hydrogen-bond donors (Lipinski definition) is 0.